The van der Waals surface area contributed by atoms with Gasteiger partial charge in [-0.05, 0) is 25.1 Å². The van der Waals surface area contributed by atoms with Crippen molar-refractivity contribution in [2.75, 3.05) is 5.32 Å². The summed E-state index contributed by atoms with van der Waals surface area (Å²) in [5.41, 5.74) is -0.277. The molecule has 6 nitrogen and oxygen atoms in total. The maximum absolute atomic E-state index is 13.0. The van der Waals surface area contributed by atoms with E-state index in [2.05, 4.69) is 15.6 Å². The van der Waals surface area contributed by atoms with E-state index in [1.54, 1.807) is 6.20 Å². The smallest absolute Gasteiger partial charge is 0.337 e. The van der Waals surface area contributed by atoms with Crippen LogP contribution >= 0.6 is 11.3 Å². The van der Waals surface area contributed by atoms with Crippen molar-refractivity contribution in [2.45, 2.75) is 13.5 Å². The highest BCUT2D eigenvalue weighted by Gasteiger charge is 2.13. The van der Waals surface area contributed by atoms with Gasteiger partial charge in [0.15, 0.2) is 0 Å². The Morgan fingerprint density at radius 3 is 2.81 bits per heavy atom. The molecule has 2 aromatic rings. The zero-order valence-electron chi connectivity index (χ0n) is 11.0. The highest BCUT2D eigenvalue weighted by molar-refractivity contribution is 7.11. The number of carboxylic acid groups (broad SMARTS) is 1. The number of hydrogen-bond acceptors (Lipinski definition) is 4. The van der Waals surface area contributed by atoms with E-state index < -0.39 is 17.8 Å². The quantitative estimate of drug-likeness (QED) is 0.809. The van der Waals surface area contributed by atoms with E-state index in [9.17, 15) is 14.0 Å². The normalized spacial score (nSPS) is 10.2. The van der Waals surface area contributed by atoms with Crippen LogP contribution in [0.2, 0.25) is 0 Å². The number of nitrogens with one attached hydrogen (secondary N) is 2. The van der Waals surface area contributed by atoms with Gasteiger partial charge in [-0.2, -0.15) is 0 Å². The molecule has 1 aromatic carbocycles. The van der Waals surface area contributed by atoms with Crippen LogP contribution in [0.25, 0.3) is 0 Å². The summed E-state index contributed by atoms with van der Waals surface area (Å²) in [5.74, 6) is -2.00. The van der Waals surface area contributed by atoms with Crippen LogP contribution in [-0.4, -0.2) is 22.1 Å². The lowest BCUT2D eigenvalue weighted by Gasteiger charge is -2.09. The van der Waals surface area contributed by atoms with E-state index in [1.807, 2.05) is 6.92 Å². The Morgan fingerprint density at radius 2 is 2.19 bits per heavy atom. The summed E-state index contributed by atoms with van der Waals surface area (Å²) < 4.78 is 13.0. The van der Waals surface area contributed by atoms with Crippen LogP contribution in [-0.2, 0) is 6.54 Å². The molecule has 110 valence electrons. The number of hydrogen-bond donors (Lipinski definition) is 3. The number of carbonyl (C=O) groups is 2. The number of aryl methyl sites for hydroxylation is 1. The first-order chi connectivity index (χ1) is 9.95. The van der Waals surface area contributed by atoms with Gasteiger partial charge in [0, 0.05) is 11.1 Å². The predicted octanol–water partition coefficient (Wildman–Crippen LogP) is 2.61. The average molecular weight is 309 g/mol. The molecule has 0 aliphatic carbocycles. The molecular weight excluding hydrogens is 297 g/mol. The second-order valence-electron chi connectivity index (χ2n) is 4.15. The topological polar surface area (TPSA) is 91.3 Å². The van der Waals surface area contributed by atoms with E-state index >= 15 is 0 Å². The predicted molar refractivity (Wildman–Crippen MR) is 76.1 cm³/mol. The molecule has 0 spiro atoms. The average Bonchev–Trinajstić information content (AvgIpc) is 2.84. The number of amides is 2. The fourth-order valence-electron chi connectivity index (χ4n) is 1.62. The minimum atomic E-state index is -1.32. The number of nitrogens with zero attached hydrogens (tertiary/aromatic N) is 1. The highest BCUT2D eigenvalue weighted by atomic mass is 32.1. The molecule has 0 aliphatic rings. The van der Waals surface area contributed by atoms with Crippen LogP contribution < -0.4 is 10.6 Å². The van der Waals surface area contributed by atoms with Crippen molar-refractivity contribution in [1.82, 2.24) is 10.3 Å². The van der Waals surface area contributed by atoms with Gasteiger partial charge in [-0.25, -0.2) is 19.0 Å². The molecule has 21 heavy (non-hydrogen) atoms. The minimum absolute atomic E-state index is 0.0295. The number of thiazole rings is 1. The van der Waals surface area contributed by atoms with Crippen LogP contribution in [0.5, 0.6) is 0 Å². The fourth-order valence-corrected chi connectivity index (χ4v) is 2.36. The molecule has 0 fully saturated rings. The highest BCUT2D eigenvalue weighted by Crippen LogP contribution is 2.17. The maximum atomic E-state index is 13.0. The van der Waals surface area contributed by atoms with Crippen molar-refractivity contribution in [3.05, 3.63) is 45.7 Å². The molecule has 0 aliphatic heterocycles. The lowest BCUT2D eigenvalue weighted by Crippen LogP contribution is -2.28. The number of aromatic carboxylic acids is 1. The molecule has 0 unspecified atom stereocenters. The number of carboxylic acids is 1. The molecule has 0 saturated heterocycles. The third-order valence-electron chi connectivity index (χ3n) is 2.55. The van der Waals surface area contributed by atoms with E-state index in [-0.39, 0.29) is 17.8 Å². The van der Waals surface area contributed by atoms with Gasteiger partial charge in [-0.15, -0.1) is 11.3 Å². The Balaban J connectivity index is 2.01. The summed E-state index contributed by atoms with van der Waals surface area (Å²) in [4.78, 5) is 27.6. The Morgan fingerprint density at radius 1 is 1.43 bits per heavy atom. The first-order valence-corrected chi connectivity index (χ1v) is 6.76. The van der Waals surface area contributed by atoms with Crippen molar-refractivity contribution < 1.29 is 19.1 Å². The van der Waals surface area contributed by atoms with Gasteiger partial charge in [0.25, 0.3) is 0 Å². The molecule has 1 heterocycles. The van der Waals surface area contributed by atoms with Crippen LogP contribution in [0.15, 0.2) is 24.4 Å². The number of aromatic nitrogens is 1. The zero-order valence-corrected chi connectivity index (χ0v) is 11.8. The van der Waals surface area contributed by atoms with E-state index in [4.69, 9.17) is 5.11 Å². The summed E-state index contributed by atoms with van der Waals surface area (Å²) in [7, 11) is 0. The van der Waals surface area contributed by atoms with Crippen LogP contribution in [0.4, 0.5) is 14.9 Å². The van der Waals surface area contributed by atoms with Crippen molar-refractivity contribution in [2.24, 2.45) is 0 Å². The van der Waals surface area contributed by atoms with Gasteiger partial charge in [0.05, 0.1) is 22.8 Å². The summed E-state index contributed by atoms with van der Waals surface area (Å²) in [5, 5.41) is 14.8. The van der Waals surface area contributed by atoms with Crippen molar-refractivity contribution >= 4 is 29.0 Å². The summed E-state index contributed by atoms with van der Waals surface area (Å²) in [6, 6.07) is 2.56. The summed E-state index contributed by atoms with van der Waals surface area (Å²) in [6.07, 6.45) is 1.65. The first-order valence-electron chi connectivity index (χ1n) is 5.94. The Labute approximate surface area is 123 Å². The van der Waals surface area contributed by atoms with E-state index in [1.165, 1.54) is 17.4 Å². The number of benzene rings is 1. The lowest BCUT2D eigenvalue weighted by molar-refractivity contribution is 0.0697. The molecule has 1 aromatic heterocycles. The van der Waals surface area contributed by atoms with Crippen LogP contribution in [0.3, 0.4) is 0 Å². The van der Waals surface area contributed by atoms with Gasteiger partial charge in [-0.3, -0.25) is 0 Å². The second kappa shape index (κ2) is 6.31. The molecule has 3 N–H and O–H groups in total. The van der Waals surface area contributed by atoms with Gasteiger partial charge in [-0.1, -0.05) is 0 Å². The summed E-state index contributed by atoms with van der Waals surface area (Å²) in [6.45, 7) is 2.13. The number of rotatable bonds is 4. The van der Waals surface area contributed by atoms with Crippen LogP contribution in [0.1, 0.15) is 20.2 Å². The van der Waals surface area contributed by atoms with E-state index in [0.29, 0.717) is 0 Å². The summed E-state index contributed by atoms with van der Waals surface area (Å²) >= 11 is 1.45. The number of carbonyl (C=O) groups excluding carboxylic acids is 1. The molecule has 0 saturated carbocycles. The molecule has 2 amide bonds. The SMILES string of the molecule is Cc1ncc(CNC(=O)Nc2ccc(F)cc2C(=O)O)s1. The fraction of sp³-hybridized carbons (Fsp3) is 0.154. The second-order valence-corrected chi connectivity index (χ2v) is 5.47. The van der Waals surface area contributed by atoms with Crippen LogP contribution in [0, 0.1) is 12.7 Å². The van der Waals surface area contributed by atoms with Gasteiger partial charge >= 0.3 is 12.0 Å². The Hall–Kier alpha value is -2.48. The Bertz CT molecular complexity index is 687. The molecule has 0 atom stereocenters. The first kappa shape index (κ1) is 14.9. The van der Waals surface area contributed by atoms with Crippen molar-refractivity contribution in [3.63, 3.8) is 0 Å². The molecule has 0 radical (unpaired) electrons. The standard InChI is InChI=1S/C13H12FN3O3S/c1-7-15-5-9(21-7)6-16-13(20)17-11-3-2-8(14)4-10(11)12(18)19/h2-5H,6H2,1H3,(H,18,19)(H2,16,17,20). The molecular formula is C13H12FN3O3S. The zero-order chi connectivity index (χ0) is 15.4. The molecule has 0 bridgehead atoms. The monoisotopic (exact) mass is 309 g/mol. The minimum Gasteiger partial charge on any atom is -0.478 e. The largest absolute Gasteiger partial charge is 0.478 e. The van der Waals surface area contributed by atoms with Gasteiger partial charge in [0.2, 0.25) is 0 Å². The third kappa shape index (κ3) is 3.99. The number of urea groups is 1. The van der Waals surface area contributed by atoms with Crippen molar-refractivity contribution in [3.8, 4) is 0 Å². The van der Waals surface area contributed by atoms with Crippen molar-refractivity contribution in [1.29, 1.82) is 0 Å². The number of halogens is 1. The molecule has 2 rings (SSSR count). The maximum Gasteiger partial charge on any atom is 0.337 e. The lowest BCUT2D eigenvalue weighted by atomic mass is 10.2. The van der Waals surface area contributed by atoms with E-state index in [0.717, 1.165) is 22.0 Å². The molecule has 8 heteroatoms. The van der Waals surface area contributed by atoms with Gasteiger partial charge < -0.3 is 15.7 Å². The third-order valence-corrected chi connectivity index (χ3v) is 3.47. The number of anilines is 1. The Kier molecular flexibility index (Phi) is 4.49. The van der Waals surface area contributed by atoms with Gasteiger partial charge in [0.1, 0.15) is 5.82 Å².